The van der Waals surface area contributed by atoms with Gasteiger partial charge >= 0.3 is 0 Å². The largest absolute Gasteiger partial charge is 0.457 e. The van der Waals surface area contributed by atoms with Crippen molar-refractivity contribution in [3.63, 3.8) is 0 Å². The predicted molar refractivity (Wildman–Crippen MR) is 75.2 cm³/mol. The van der Waals surface area contributed by atoms with Crippen LogP contribution in [0.2, 0.25) is 5.02 Å². The zero-order valence-corrected chi connectivity index (χ0v) is 11.7. The molecule has 0 bridgehead atoms. The Bertz CT molecular complexity index is 691. The second-order valence-electron chi connectivity index (χ2n) is 4.30. The third-order valence-electron chi connectivity index (χ3n) is 2.77. The highest BCUT2D eigenvalue weighted by Crippen LogP contribution is 2.34. The SMILES string of the molecule is CC(O)c1c(F)cccc1Oc1ccc([N+](=O)[O-])c(Cl)c1. The van der Waals surface area contributed by atoms with Crippen molar-refractivity contribution in [2.45, 2.75) is 13.0 Å². The van der Waals surface area contributed by atoms with Crippen LogP contribution in [0.5, 0.6) is 11.5 Å². The number of aliphatic hydroxyl groups is 1. The lowest BCUT2D eigenvalue weighted by molar-refractivity contribution is -0.384. The molecule has 7 heteroatoms. The number of nitro groups is 1. The molecule has 2 aromatic rings. The monoisotopic (exact) mass is 311 g/mol. The van der Waals surface area contributed by atoms with Crippen LogP contribution in [0.15, 0.2) is 36.4 Å². The van der Waals surface area contributed by atoms with Gasteiger partial charge in [-0.2, -0.15) is 0 Å². The van der Waals surface area contributed by atoms with Crippen molar-refractivity contribution < 1.29 is 19.2 Å². The number of aliphatic hydroxyl groups excluding tert-OH is 1. The molecule has 2 rings (SSSR count). The highest BCUT2D eigenvalue weighted by atomic mass is 35.5. The maximum Gasteiger partial charge on any atom is 0.288 e. The molecule has 0 saturated carbocycles. The lowest BCUT2D eigenvalue weighted by Gasteiger charge is -2.14. The van der Waals surface area contributed by atoms with Crippen molar-refractivity contribution in [1.29, 1.82) is 0 Å². The Balaban J connectivity index is 2.37. The van der Waals surface area contributed by atoms with E-state index in [1.165, 1.54) is 43.3 Å². The summed E-state index contributed by atoms with van der Waals surface area (Å²) in [7, 11) is 0. The third kappa shape index (κ3) is 3.29. The summed E-state index contributed by atoms with van der Waals surface area (Å²) in [5.74, 6) is -0.275. The zero-order valence-electron chi connectivity index (χ0n) is 10.9. The molecule has 110 valence electrons. The molecule has 1 N–H and O–H groups in total. The molecule has 2 aromatic carbocycles. The van der Waals surface area contributed by atoms with Crippen LogP contribution >= 0.6 is 11.6 Å². The van der Waals surface area contributed by atoms with E-state index in [1.807, 2.05) is 0 Å². The molecule has 21 heavy (non-hydrogen) atoms. The molecule has 0 aromatic heterocycles. The number of rotatable bonds is 4. The van der Waals surface area contributed by atoms with Crippen LogP contribution in [0, 0.1) is 15.9 Å². The maximum atomic E-state index is 13.7. The van der Waals surface area contributed by atoms with Gasteiger partial charge in [0.05, 0.1) is 16.6 Å². The van der Waals surface area contributed by atoms with Gasteiger partial charge < -0.3 is 9.84 Å². The quantitative estimate of drug-likeness (QED) is 0.677. The Kier molecular flexibility index (Phi) is 4.40. The van der Waals surface area contributed by atoms with Crippen molar-refractivity contribution in [2.24, 2.45) is 0 Å². The Morgan fingerprint density at radius 3 is 2.67 bits per heavy atom. The van der Waals surface area contributed by atoms with Gasteiger partial charge in [-0.05, 0) is 25.1 Å². The fourth-order valence-electron chi connectivity index (χ4n) is 1.84. The Morgan fingerprint density at radius 2 is 2.10 bits per heavy atom. The van der Waals surface area contributed by atoms with E-state index in [4.69, 9.17) is 16.3 Å². The van der Waals surface area contributed by atoms with E-state index in [2.05, 4.69) is 0 Å². The average Bonchev–Trinajstić information content (AvgIpc) is 2.37. The normalized spacial score (nSPS) is 12.0. The van der Waals surface area contributed by atoms with Crippen LogP contribution in [0.4, 0.5) is 10.1 Å². The number of hydrogen-bond acceptors (Lipinski definition) is 4. The summed E-state index contributed by atoms with van der Waals surface area (Å²) in [6.45, 7) is 1.41. The van der Waals surface area contributed by atoms with Gasteiger partial charge in [0.2, 0.25) is 0 Å². The predicted octanol–water partition coefficient (Wildman–Crippen LogP) is 4.23. The molecular formula is C14H11ClFNO4. The Morgan fingerprint density at radius 1 is 1.38 bits per heavy atom. The van der Waals surface area contributed by atoms with Crippen molar-refractivity contribution >= 4 is 17.3 Å². The van der Waals surface area contributed by atoms with Crippen LogP contribution < -0.4 is 4.74 Å². The number of ether oxygens (including phenoxy) is 1. The number of nitrogens with zero attached hydrogens (tertiary/aromatic N) is 1. The molecule has 0 saturated heterocycles. The molecule has 0 aliphatic carbocycles. The van der Waals surface area contributed by atoms with E-state index < -0.39 is 16.8 Å². The summed E-state index contributed by atoms with van der Waals surface area (Å²) in [4.78, 5) is 10.1. The standard InChI is InChI=1S/C14H11ClFNO4/c1-8(18)14-11(16)3-2-4-13(14)21-9-5-6-12(17(19)20)10(15)7-9/h2-8,18H,1H3. The molecular weight excluding hydrogens is 301 g/mol. The molecule has 0 spiro atoms. The fourth-order valence-corrected chi connectivity index (χ4v) is 2.08. The van der Waals surface area contributed by atoms with Gasteiger partial charge in [-0.25, -0.2) is 4.39 Å². The second kappa shape index (κ2) is 6.07. The van der Waals surface area contributed by atoms with Crippen LogP contribution in [0.25, 0.3) is 0 Å². The minimum atomic E-state index is -1.06. The smallest absolute Gasteiger partial charge is 0.288 e. The highest BCUT2D eigenvalue weighted by molar-refractivity contribution is 6.32. The molecule has 0 amide bonds. The van der Waals surface area contributed by atoms with E-state index in [1.54, 1.807) is 0 Å². The lowest BCUT2D eigenvalue weighted by Crippen LogP contribution is -2.00. The van der Waals surface area contributed by atoms with Crippen molar-refractivity contribution in [2.75, 3.05) is 0 Å². The van der Waals surface area contributed by atoms with Crippen LogP contribution in [-0.4, -0.2) is 10.0 Å². The first kappa shape index (κ1) is 15.2. The zero-order chi connectivity index (χ0) is 15.6. The lowest BCUT2D eigenvalue weighted by atomic mass is 10.1. The van der Waals surface area contributed by atoms with Crippen LogP contribution in [-0.2, 0) is 0 Å². The number of benzene rings is 2. The summed E-state index contributed by atoms with van der Waals surface area (Å²) in [5.41, 5.74) is -0.244. The Labute approximate surface area is 124 Å². The molecule has 1 atom stereocenters. The van der Waals surface area contributed by atoms with Gasteiger partial charge in [-0.15, -0.1) is 0 Å². The highest BCUT2D eigenvalue weighted by Gasteiger charge is 2.17. The molecule has 0 radical (unpaired) electrons. The van der Waals surface area contributed by atoms with E-state index in [9.17, 15) is 19.6 Å². The summed E-state index contributed by atoms with van der Waals surface area (Å²) in [5, 5.41) is 20.2. The number of hydrogen-bond donors (Lipinski definition) is 1. The summed E-state index contributed by atoms with van der Waals surface area (Å²) in [6, 6.07) is 7.93. The van der Waals surface area contributed by atoms with Crippen molar-refractivity contribution in [3.05, 3.63) is 62.9 Å². The minimum Gasteiger partial charge on any atom is -0.457 e. The first-order chi connectivity index (χ1) is 9.90. The summed E-state index contributed by atoms with van der Waals surface area (Å²) >= 11 is 5.78. The molecule has 1 unspecified atom stereocenters. The van der Waals surface area contributed by atoms with Gasteiger partial charge in [0.15, 0.2) is 0 Å². The van der Waals surface area contributed by atoms with Crippen molar-refractivity contribution in [1.82, 2.24) is 0 Å². The first-order valence-corrected chi connectivity index (χ1v) is 6.36. The molecule has 0 aliphatic rings. The molecule has 0 aliphatic heterocycles. The molecule has 0 fully saturated rings. The third-order valence-corrected chi connectivity index (χ3v) is 3.08. The number of nitro benzene ring substituents is 1. The van der Waals surface area contributed by atoms with Gasteiger partial charge in [-0.3, -0.25) is 10.1 Å². The average molecular weight is 312 g/mol. The first-order valence-electron chi connectivity index (χ1n) is 5.98. The molecule has 5 nitrogen and oxygen atoms in total. The van der Waals surface area contributed by atoms with E-state index in [-0.39, 0.29) is 27.8 Å². The number of halogens is 2. The molecule has 0 heterocycles. The van der Waals surface area contributed by atoms with Gasteiger partial charge in [0.25, 0.3) is 5.69 Å². The summed E-state index contributed by atoms with van der Waals surface area (Å²) < 4.78 is 19.2. The Hall–Kier alpha value is -2.18. The minimum absolute atomic E-state index is 0.00646. The maximum absolute atomic E-state index is 13.7. The van der Waals surface area contributed by atoms with E-state index >= 15 is 0 Å². The second-order valence-corrected chi connectivity index (χ2v) is 4.71. The van der Waals surface area contributed by atoms with Crippen molar-refractivity contribution in [3.8, 4) is 11.5 Å². The van der Waals surface area contributed by atoms with E-state index in [0.717, 1.165) is 0 Å². The van der Waals surface area contributed by atoms with Crippen LogP contribution in [0.3, 0.4) is 0 Å². The van der Waals surface area contributed by atoms with Gasteiger partial charge in [0, 0.05) is 12.1 Å². The summed E-state index contributed by atoms with van der Waals surface area (Å²) in [6.07, 6.45) is -1.06. The fraction of sp³-hybridized carbons (Fsp3) is 0.143. The van der Waals surface area contributed by atoms with Gasteiger partial charge in [0.1, 0.15) is 22.3 Å². The van der Waals surface area contributed by atoms with E-state index in [0.29, 0.717) is 0 Å². The van der Waals surface area contributed by atoms with Crippen LogP contribution in [0.1, 0.15) is 18.6 Å². The topological polar surface area (TPSA) is 72.6 Å². The van der Waals surface area contributed by atoms with Gasteiger partial charge in [-0.1, -0.05) is 17.7 Å².